The van der Waals surface area contributed by atoms with E-state index in [1.54, 1.807) is 4.90 Å². The molecule has 3 N–H and O–H groups in total. The van der Waals surface area contributed by atoms with E-state index in [2.05, 4.69) is 38.2 Å². The third-order valence-corrected chi connectivity index (χ3v) is 3.92. The van der Waals surface area contributed by atoms with Crippen molar-refractivity contribution in [3.8, 4) is 0 Å². The first-order valence-corrected chi connectivity index (χ1v) is 7.34. The molecule has 0 aromatic heterocycles. The van der Waals surface area contributed by atoms with Gasteiger partial charge in [-0.3, -0.25) is 0 Å². The summed E-state index contributed by atoms with van der Waals surface area (Å²) >= 11 is 0. The number of hydrogen-bond acceptors (Lipinski definition) is 3. The molecule has 1 aliphatic heterocycles. The van der Waals surface area contributed by atoms with E-state index in [-0.39, 0.29) is 6.03 Å². The van der Waals surface area contributed by atoms with Gasteiger partial charge < -0.3 is 20.9 Å². The van der Waals surface area contributed by atoms with Crippen LogP contribution in [0.25, 0.3) is 0 Å². The van der Waals surface area contributed by atoms with Gasteiger partial charge in [-0.15, -0.1) is 0 Å². The van der Waals surface area contributed by atoms with Gasteiger partial charge in [0.1, 0.15) is 0 Å². The van der Waals surface area contributed by atoms with Gasteiger partial charge in [-0.05, 0) is 39.3 Å². The molecule has 5 heteroatoms. The fraction of sp³-hybridized carbons (Fsp3) is 0.929. The molecule has 2 amide bonds. The van der Waals surface area contributed by atoms with Crippen LogP contribution in [-0.4, -0.2) is 61.6 Å². The van der Waals surface area contributed by atoms with Gasteiger partial charge in [0.25, 0.3) is 0 Å². The first-order chi connectivity index (χ1) is 8.90. The van der Waals surface area contributed by atoms with E-state index in [0.717, 1.165) is 32.5 Å². The van der Waals surface area contributed by atoms with Crippen LogP contribution in [0.1, 0.15) is 33.1 Å². The van der Waals surface area contributed by atoms with Crippen molar-refractivity contribution in [2.75, 3.05) is 33.7 Å². The number of amides is 2. The number of nitrogens with one attached hydrogen (secondary N) is 1. The second-order valence-corrected chi connectivity index (χ2v) is 6.25. The Kier molecular flexibility index (Phi) is 6.58. The zero-order valence-corrected chi connectivity index (χ0v) is 12.9. The van der Waals surface area contributed by atoms with E-state index in [1.807, 2.05) is 0 Å². The standard InChI is InChI=1S/C14H30N4O/c1-11(2)9-13(17(3)4)10-16-12-5-7-18(8-6-12)14(15)19/h11-13,16H,5-10H2,1-4H3,(H2,15,19). The number of nitrogens with two attached hydrogens (primary N) is 1. The molecule has 0 saturated carbocycles. The fourth-order valence-corrected chi connectivity index (χ4v) is 2.63. The van der Waals surface area contributed by atoms with Crippen LogP contribution in [-0.2, 0) is 0 Å². The highest BCUT2D eigenvalue weighted by Gasteiger charge is 2.22. The Bertz CT molecular complexity index is 273. The Labute approximate surface area is 117 Å². The number of carbonyl (C=O) groups excluding carboxylic acids is 1. The fourth-order valence-electron chi connectivity index (χ4n) is 2.63. The summed E-state index contributed by atoms with van der Waals surface area (Å²) in [5.41, 5.74) is 5.29. The Morgan fingerprint density at radius 1 is 1.37 bits per heavy atom. The molecule has 1 heterocycles. The predicted octanol–water partition coefficient (Wildman–Crippen LogP) is 1.10. The number of urea groups is 1. The largest absolute Gasteiger partial charge is 0.351 e. The maximum absolute atomic E-state index is 11.1. The molecular weight excluding hydrogens is 240 g/mol. The number of carbonyl (C=O) groups is 1. The maximum Gasteiger partial charge on any atom is 0.314 e. The van der Waals surface area contributed by atoms with E-state index < -0.39 is 0 Å². The smallest absolute Gasteiger partial charge is 0.314 e. The van der Waals surface area contributed by atoms with Crippen LogP contribution in [0.5, 0.6) is 0 Å². The van der Waals surface area contributed by atoms with Crippen LogP contribution in [0.3, 0.4) is 0 Å². The van der Waals surface area contributed by atoms with Crippen LogP contribution >= 0.6 is 0 Å². The SMILES string of the molecule is CC(C)CC(CNC1CCN(C(N)=O)CC1)N(C)C. The molecule has 1 aliphatic rings. The number of rotatable bonds is 6. The summed E-state index contributed by atoms with van der Waals surface area (Å²) in [7, 11) is 4.29. The van der Waals surface area contributed by atoms with Crippen LogP contribution in [0.15, 0.2) is 0 Å². The number of nitrogens with zero attached hydrogens (tertiary/aromatic N) is 2. The minimum absolute atomic E-state index is 0.288. The van der Waals surface area contributed by atoms with Gasteiger partial charge in [0, 0.05) is 31.7 Å². The van der Waals surface area contributed by atoms with Crippen molar-refractivity contribution in [1.82, 2.24) is 15.1 Å². The van der Waals surface area contributed by atoms with Gasteiger partial charge in [-0.25, -0.2) is 4.79 Å². The van der Waals surface area contributed by atoms with Crippen molar-refractivity contribution < 1.29 is 4.79 Å². The lowest BCUT2D eigenvalue weighted by Gasteiger charge is -2.33. The summed E-state index contributed by atoms with van der Waals surface area (Å²) in [5.74, 6) is 0.714. The quantitative estimate of drug-likeness (QED) is 0.759. The van der Waals surface area contributed by atoms with E-state index in [4.69, 9.17) is 5.73 Å². The summed E-state index contributed by atoms with van der Waals surface area (Å²) in [5, 5.41) is 3.65. The maximum atomic E-state index is 11.1. The van der Waals surface area contributed by atoms with Gasteiger partial charge in [-0.2, -0.15) is 0 Å². The first kappa shape index (κ1) is 16.2. The Morgan fingerprint density at radius 3 is 2.37 bits per heavy atom. The third kappa shape index (κ3) is 5.78. The molecule has 0 aromatic carbocycles. The third-order valence-electron chi connectivity index (χ3n) is 3.92. The van der Waals surface area contributed by atoms with Crippen molar-refractivity contribution in [2.45, 2.75) is 45.2 Å². The lowest BCUT2D eigenvalue weighted by molar-refractivity contribution is 0.179. The average Bonchev–Trinajstić information content (AvgIpc) is 2.34. The topological polar surface area (TPSA) is 61.6 Å². The molecule has 0 radical (unpaired) electrons. The highest BCUT2D eigenvalue weighted by atomic mass is 16.2. The molecule has 1 rings (SSSR count). The van der Waals surface area contributed by atoms with E-state index in [0.29, 0.717) is 18.0 Å². The van der Waals surface area contributed by atoms with Gasteiger partial charge >= 0.3 is 6.03 Å². The average molecular weight is 270 g/mol. The van der Waals surface area contributed by atoms with Crippen LogP contribution in [0.2, 0.25) is 0 Å². The molecule has 112 valence electrons. The molecule has 0 bridgehead atoms. The number of hydrogen-bond donors (Lipinski definition) is 2. The van der Waals surface area contributed by atoms with Crippen molar-refractivity contribution in [3.63, 3.8) is 0 Å². The van der Waals surface area contributed by atoms with Gasteiger partial charge in [0.15, 0.2) is 0 Å². The zero-order valence-electron chi connectivity index (χ0n) is 12.9. The summed E-state index contributed by atoms with van der Waals surface area (Å²) < 4.78 is 0. The van der Waals surface area contributed by atoms with E-state index >= 15 is 0 Å². The Hall–Kier alpha value is -0.810. The highest BCUT2D eigenvalue weighted by Crippen LogP contribution is 2.12. The second-order valence-electron chi connectivity index (χ2n) is 6.25. The number of likely N-dealkylation sites (N-methyl/N-ethyl adjacent to an activating group) is 1. The van der Waals surface area contributed by atoms with Crippen LogP contribution < -0.4 is 11.1 Å². The predicted molar refractivity (Wildman–Crippen MR) is 79.1 cm³/mol. The molecule has 0 aromatic rings. The first-order valence-electron chi connectivity index (χ1n) is 7.34. The Morgan fingerprint density at radius 2 is 1.95 bits per heavy atom. The summed E-state index contributed by atoms with van der Waals surface area (Å²) in [4.78, 5) is 15.1. The molecule has 0 spiro atoms. The number of likely N-dealkylation sites (tertiary alicyclic amines) is 1. The number of primary amides is 1. The van der Waals surface area contributed by atoms with Gasteiger partial charge in [-0.1, -0.05) is 13.8 Å². The monoisotopic (exact) mass is 270 g/mol. The van der Waals surface area contributed by atoms with Gasteiger partial charge in [0.05, 0.1) is 0 Å². The van der Waals surface area contributed by atoms with Crippen LogP contribution in [0, 0.1) is 5.92 Å². The second kappa shape index (κ2) is 7.70. The van der Waals surface area contributed by atoms with Crippen molar-refractivity contribution in [3.05, 3.63) is 0 Å². The molecule has 1 unspecified atom stereocenters. The molecule has 19 heavy (non-hydrogen) atoms. The van der Waals surface area contributed by atoms with Gasteiger partial charge in [0.2, 0.25) is 0 Å². The van der Waals surface area contributed by atoms with E-state index in [1.165, 1.54) is 6.42 Å². The van der Waals surface area contributed by atoms with Crippen molar-refractivity contribution in [1.29, 1.82) is 0 Å². The minimum Gasteiger partial charge on any atom is -0.351 e. The van der Waals surface area contributed by atoms with Crippen molar-refractivity contribution >= 4 is 6.03 Å². The lowest BCUT2D eigenvalue weighted by atomic mass is 10.0. The molecule has 0 aliphatic carbocycles. The summed E-state index contributed by atoms with van der Waals surface area (Å²) in [6.45, 7) is 7.11. The minimum atomic E-state index is -0.288. The molecule has 1 atom stereocenters. The van der Waals surface area contributed by atoms with Crippen LogP contribution in [0.4, 0.5) is 4.79 Å². The zero-order chi connectivity index (χ0) is 14.4. The summed E-state index contributed by atoms with van der Waals surface area (Å²) in [6, 6.07) is 0.809. The summed E-state index contributed by atoms with van der Waals surface area (Å²) in [6.07, 6.45) is 3.22. The molecule has 5 nitrogen and oxygen atoms in total. The Balaban J connectivity index is 2.30. The van der Waals surface area contributed by atoms with E-state index in [9.17, 15) is 4.79 Å². The van der Waals surface area contributed by atoms with Crippen molar-refractivity contribution in [2.24, 2.45) is 11.7 Å². The lowest BCUT2D eigenvalue weighted by Crippen LogP contribution is -2.49. The highest BCUT2D eigenvalue weighted by molar-refractivity contribution is 5.72. The molecule has 1 saturated heterocycles. The molecular formula is C14H30N4O. The number of piperidine rings is 1. The molecule has 1 fully saturated rings. The normalized spacial score (nSPS) is 19.2.